The summed E-state index contributed by atoms with van der Waals surface area (Å²) in [5.74, 6) is 2.33. The first-order valence-electron chi connectivity index (χ1n) is 20.3. The Bertz CT molecular complexity index is 1040. The molecule has 274 valence electrons. The van der Waals surface area contributed by atoms with E-state index in [2.05, 4.69) is 93.6 Å². The van der Waals surface area contributed by atoms with E-state index >= 15 is 0 Å². The predicted molar refractivity (Wildman–Crippen MR) is 214 cm³/mol. The van der Waals surface area contributed by atoms with Crippen LogP contribution in [0.1, 0.15) is 174 Å². The largest absolute Gasteiger partial charge is 1.00 e. The smallest absolute Gasteiger partial charge is 1.00 e. The first kappa shape index (κ1) is 44.7. The average Bonchev–Trinajstić information content (AvgIpc) is 3.12. The summed E-state index contributed by atoms with van der Waals surface area (Å²) in [6.07, 6.45) is 31.3. The van der Waals surface area contributed by atoms with Crippen LogP contribution in [0.5, 0.6) is 17.2 Å². The zero-order valence-corrected chi connectivity index (χ0v) is 35.5. The van der Waals surface area contributed by atoms with E-state index in [1.807, 2.05) is 0 Å². The van der Waals surface area contributed by atoms with Crippen LogP contribution in [0.3, 0.4) is 0 Å². The molecule has 3 rings (SSSR count). The summed E-state index contributed by atoms with van der Waals surface area (Å²) in [6, 6.07) is 25.5. The second-order valence-corrected chi connectivity index (χ2v) is 15.0. The molecule has 0 aromatic heterocycles. The SMILES string of the molecule is CCCCCCCCCc1ccc(OP(Oc2ccc(CCCCCCCCC)cc2)Oc2ccc(CCCCCCCCC)cc2)cc1.[H-].[Na+]. The molecule has 0 bridgehead atoms. The van der Waals surface area contributed by atoms with E-state index in [-0.39, 0.29) is 31.0 Å². The molecular weight excluding hydrogens is 642 g/mol. The van der Waals surface area contributed by atoms with Crippen molar-refractivity contribution in [2.24, 2.45) is 0 Å². The van der Waals surface area contributed by atoms with Crippen LogP contribution in [-0.4, -0.2) is 0 Å². The van der Waals surface area contributed by atoms with Crippen molar-refractivity contribution in [2.75, 3.05) is 0 Å². The topological polar surface area (TPSA) is 27.7 Å². The van der Waals surface area contributed by atoms with Crippen molar-refractivity contribution in [2.45, 2.75) is 175 Å². The molecule has 5 heteroatoms. The van der Waals surface area contributed by atoms with E-state index in [4.69, 9.17) is 13.6 Å². The van der Waals surface area contributed by atoms with E-state index in [1.54, 1.807) is 0 Å². The molecule has 0 saturated heterocycles. The van der Waals surface area contributed by atoms with Gasteiger partial charge in [-0.05, 0) is 91.6 Å². The van der Waals surface area contributed by atoms with E-state index < -0.39 is 8.60 Å². The third-order valence-corrected chi connectivity index (χ3v) is 10.6. The summed E-state index contributed by atoms with van der Waals surface area (Å²) in [7, 11) is -1.68. The van der Waals surface area contributed by atoms with Gasteiger partial charge in [-0.1, -0.05) is 173 Å². The minimum absolute atomic E-state index is 0. The molecule has 0 fully saturated rings. The number of rotatable bonds is 30. The van der Waals surface area contributed by atoms with E-state index in [0.717, 1.165) is 36.5 Å². The van der Waals surface area contributed by atoms with Crippen LogP contribution in [0.25, 0.3) is 0 Å². The molecule has 0 aliphatic rings. The van der Waals surface area contributed by atoms with Crippen molar-refractivity contribution in [3.8, 4) is 17.2 Å². The fourth-order valence-corrected chi connectivity index (χ4v) is 7.32. The molecule has 3 aromatic rings. The zero-order valence-electron chi connectivity index (χ0n) is 33.6. The molecular formula is C45H70NaO3P. The molecule has 0 N–H and O–H groups in total. The van der Waals surface area contributed by atoms with Crippen molar-refractivity contribution >= 4 is 8.60 Å². The number of benzene rings is 3. The predicted octanol–water partition coefficient (Wildman–Crippen LogP) is 12.4. The Labute approximate surface area is 332 Å². The maximum absolute atomic E-state index is 6.38. The average molecular weight is 713 g/mol. The molecule has 0 spiro atoms. The van der Waals surface area contributed by atoms with Gasteiger partial charge in [0.25, 0.3) is 0 Å². The van der Waals surface area contributed by atoms with Gasteiger partial charge in [-0.15, -0.1) is 0 Å². The molecule has 0 unspecified atom stereocenters. The van der Waals surface area contributed by atoms with Gasteiger partial charge < -0.3 is 15.0 Å². The van der Waals surface area contributed by atoms with Crippen LogP contribution in [0.15, 0.2) is 72.8 Å². The minimum Gasteiger partial charge on any atom is -1.00 e. The van der Waals surface area contributed by atoms with Gasteiger partial charge in [0.2, 0.25) is 0 Å². The summed E-state index contributed by atoms with van der Waals surface area (Å²) in [6.45, 7) is 6.83. The first-order valence-corrected chi connectivity index (χ1v) is 21.4. The molecule has 0 aliphatic heterocycles. The van der Waals surface area contributed by atoms with Gasteiger partial charge in [0.15, 0.2) is 0 Å². The standard InChI is InChI=1S/C45H69O3P.Na.H/c1-4-7-10-13-16-19-22-25-40-28-34-43(35-29-40)46-49(47-44-36-30-41(31-37-44)26-23-20-17-14-11-8-5-2)48-45-38-32-42(33-39-45)27-24-21-18-15-12-9-6-3;;/h28-39H,4-27H2,1-3H3;;/q;+1;-1. The van der Waals surface area contributed by atoms with Crippen LogP contribution >= 0.6 is 8.60 Å². The number of hydrogen-bond donors (Lipinski definition) is 0. The van der Waals surface area contributed by atoms with E-state index in [1.165, 1.54) is 152 Å². The van der Waals surface area contributed by atoms with Crippen molar-refractivity contribution in [1.29, 1.82) is 0 Å². The van der Waals surface area contributed by atoms with E-state index in [9.17, 15) is 0 Å². The summed E-state index contributed by atoms with van der Waals surface area (Å²) >= 11 is 0. The third kappa shape index (κ3) is 21.1. The van der Waals surface area contributed by atoms with Crippen molar-refractivity contribution in [3.63, 3.8) is 0 Å². The van der Waals surface area contributed by atoms with Gasteiger partial charge in [0.1, 0.15) is 17.2 Å². The Morgan fingerprint density at radius 1 is 0.340 bits per heavy atom. The second kappa shape index (κ2) is 30.0. The monoisotopic (exact) mass is 712 g/mol. The number of aryl methyl sites for hydroxylation is 3. The van der Waals surface area contributed by atoms with Gasteiger partial charge in [-0.25, -0.2) is 0 Å². The molecule has 0 radical (unpaired) electrons. The molecule has 50 heavy (non-hydrogen) atoms. The fraction of sp³-hybridized carbons (Fsp3) is 0.600. The normalized spacial score (nSPS) is 11.0. The van der Waals surface area contributed by atoms with E-state index in [0.29, 0.717) is 0 Å². The zero-order chi connectivity index (χ0) is 34.6. The van der Waals surface area contributed by atoms with Crippen molar-refractivity contribution < 1.29 is 44.6 Å². The Morgan fingerprint density at radius 3 is 0.800 bits per heavy atom. The van der Waals surface area contributed by atoms with Crippen LogP contribution in [0.4, 0.5) is 0 Å². The molecule has 0 heterocycles. The van der Waals surface area contributed by atoms with Crippen LogP contribution in [0, 0.1) is 0 Å². The van der Waals surface area contributed by atoms with Gasteiger partial charge >= 0.3 is 38.2 Å². The maximum Gasteiger partial charge on any atom is 1.00 e. The van der Waals surface area contributed by atoms with Crippen LogP contribution < -0.4 is 43.1 Å². The third-order valence-electron chi connectivity index (χ3n) is 9.52. The van der Waals surface area contributed by atoms with Gasteiger partial charge in [0, 0.05) is 0 Å². The van der Waals surface area contributed by atoms with Crippen molar-refractivity contribution in [3.05, 3.63) is 89.5 Å². The second-order valence-electron chi connectivity index (χ2n) is 14.0. The first-order chi connectivity index (χ1) is 24.2. The quantitative estimate of drug-likeness (QED) is 0.0391. The summed E-state index contributed by atoms with van der Waals surface area (Å²) in [4.78, 5) is 0. The Balaban J connectivity index is 0.00000650. The van der Waals surface area contributed by atoms with Gasteiger partial charge in [-0.3, -0.25) is 0 Å². The number of hydrogen-bond acceptors (Lipinski definition) is 3. The minimum atomic E-state index is -1.68. The Kier molecular flexibility index (Phi) is 26.8. The van der Waals surface area contributed by atoms with Gasteiger partial charge in [-0.2, -0.15) is 0 Å². The van der Waals surface area contributed by atoms with Crippen molar-refractivity contribution in [1.82, 2.24) is 0 Å². The summed E-state index contributed by atoms with van der Waals surface area (Å²) in [5, 5.41) is 0. The summed E-state index contributed by atoms with van der Waals surface area (Å²) < 4.78 is 19.1. The van der Waals surface area contributed by atoms with Crippen LogP contribution in [0.2, 0.25) is 0 Å². The van der Waals surface area contributed by atoms with Gasteiger partial charge in [0.05, 0.1) is 0 Å². The molecule has 0 atom stereocenters. The molecule has 0 aliphatic carbocycles. The summed E-state index contributed by atoms with van der Waals surface area (Å²) in [5.41, 5.74) is 4.08. The van der Waals surface area contributed by atoms with Crippen LogP contribution in [-0.2, 0) is 19.3 Å². The molecule has 3 aromatic carbocycles. The molecule has 3 nitrogen and oxygen atoms in total. The Hall–Kier alpha value is -1.51. The fourth-order valence-electron chi connectivity index (χ4n) is 6.32. The maximum atomic E-state index is 6.38. The Morgan fingerprint density at radius 2 is 0.560 bits per heavy atom. The number of unbranched alkanes of at least 4 members (excludes halogenated alkanes) is 18. The molecule has 0 saturated carbocycles. The molecule has 0 amide bonds.